The Morgan fingerprint density at radius 2 is 1.35 bits per heavy atom. The number of rotatable bonds is 2. The molecule has 0 unspecified atom stereocenters. The van der Waals surface area contributed by atoms with E-state index in [-0.39, 0.29) is 24.3 Å². The van der Waals surface area contributed by atoms with E-state index in [9.17, 15) is 40.6 Å². The molecule has 0 saturated heterocycles. The van der Waals surface area contributed by atoms with Gasteiger partial charge in [-0.2, -0.15) is 26.3 Å². The molecule has 20 heavy (non-hydrogen) atoms. The van der Waals surface area contributed by atoms with Crippen molar-refractivity contribution < 1.29 is 40.6 Å². The molecule has 0 aliphatic rings. The van der Waals surface area contributed by atoms with E-state index in [1.807, 2.05) is 0 Å². The Bertz CT molecular complexity index is 523. The number of hydrogen-bond acceptors (Lipinski definition) is 2. The van der Waals surface area contributed by atoms with Crippen molar-refractivity contribution in [1.29, 1.82) is 0 Å². The van der Waals surface area contributed by atoms with Crippen LogP contribution in [-0.2, 0) is 17.1 Å². The standard InChI is InChI=1S/C11H5F7O2/c12-8(9(19)20)3-5-1-6(10(13,14)15)4-7(2-5)11(16,17)18/h1-4H,(H,19,20)/p-1. The summed E-state index contributed by atoms with van der Waals surface area (Å²) in [6.45, 7) is 0. The van der Waals surface area contributed by atoms with Crippen LogP contribution in [0.4, 0.5) is 30.7 Å². The molecule has 0 spiro atoms. The summed E-state index contributed by atoms with van der Waals surface area (Å²) in [5.74, 6) is -4.34. The molecule has 0 aliphatic heterocycles. The molecule has 0 heterocycles. The maximum absolute atomic E-state index is 12.7. The van der Waals surface area contributed by atoms with E-state index in [1.54, 1.807) is 0 Å². The van der Waals surface area contributed by atoms with Crippen LogP contribution in [0.3, 0.4) is 0 Å². The van der Waals surface area contributed by atoms with E-state index in [0.29, 0.717) is 0 Å². The highest BCUT2D eigenvalue weighted by molar-refractivity contribution is 5.88. The van der Waals surface area contributed by atoms with E-state index < -0.39 is 40.8 Å². The number of hydrogen-bond donors (Lipinski definition) is 0. The second-order valence-corrected chi connectivity index (χ2v) is 3.62. The molecule has 0 bridgehead atoms. The van der Waals surface area contributed by atoms with Gasteiger partial charge in [-0.1, -0.05) is 0 Å². The lowest BCUT2D eigenvalue weighted by Gasteiger charge is -2.13. The van der Waals surface area contributed by atoms with Crippen molar-refractivity contribution >= 4 is 12.0 Å². The molecule has 110 valence electrons. The number of aliphatic carboxylic acids is 1. The number of carbonyl (C=O) groups is 1. The third kappa shape index (κ3) is 3.97. The summed E-state index contributed by atoms with van der Waals surface area (Å²) in [5, 5.41) is 10.1. The normalized spacial score (nSPS) is 13.4. The Kier molecular flexibility index (Phi) is 4.11. The third-order valence-electron chi connectivity index (χ3n) is 2.10. The fraction of sp³-hybridized carbons (Fsp3) is 0.182. The first kappa shape index (κ1) is 16.0. The smallest absolute Gasteiger partial charge is 0.416 e. The van der Waals surface area contributed by atoms with Crippen LogP contribution in [0.15, 0.2) is 24.0 Å². The van der Waals surface area contributed by atoms with Crippen molar-refractivity contribution in [3.05, 3.63) is 40.7 Å². The summed E-state index contributed by atoms with van der Waals surface area (Å²) in [6.07, 6.45) is -10.2. The summed E-state index contributed by atoms with van der Waals surface area (Å²) in [5.41, 5.74) is -4.25. The van der Waals surface area contributed by atoms with Gasteiger partial charge in [-0.05, 0) is 29.8 Å². The van der Waals surface area contributed by atoms with Gasteiger partial charge in [0, 0.05) is 0 Å². The van der Waals surface area contributed by atoms with Crippen LogP contribution in [0.25, 0.3) is 6.08 Å². The highest BCUT2D eigenvalue weighted by Gasteiger charge is 2.36. The van der Waals surface area contributed by atoms with Crippen LogP contribution in [0.1, 0.15) is 16.7 Å². The van der Waals surface area contributed by atoms with Crippen molar-refractivity contribution in [1.82, 2.24) is 0 Å². The molecule has 0 fully saturated rings. The van der Waals surface area contributed by atoms with Gasteiger partial charge >= 0.3 is 12.4 Å². The number of carbonyl (C=O) groups excluding carboxylic acids is 1. The Hall–Kier alpha value is -2.06. The number of carboxylic acid groups (broad SMARTS) is 1. The van der Waals surface area contributed by atoms with Crippen LogP contribution in [0.2, 0.25) is 0 Å². The lowest BCUT2D eigenvalue weighted by atomic mass is 10.0. The van der Waals surface area contributed by atoms with Gasteiger partial charge in [0.2, 0.25) is 0 Å². The summed E-state index contributed by atoms with van der Waals surface area (Å²) in [7, 11) is 0. The van der Waals surface area contributed by atoms with Crippen LogP contribution in [-0.4, -0.2) is 5.97 Å². The predicted molar refractivity (Wildman–Crippen MR) is 50.5 cm³/mol. The van der Waals surface area contributed by atoms with E-state index in [2.05, 4.69) is 0 Å². The van der Waals surface area contributed by atoms with Gasteiger partial charge < -0.3 is 9.90 Å². The Morgan fingerprint density at radius 3 is 1.65 bits per heavy atom. The molecule has 0 N–H and O–H groups in total. The second kappa shape index (κ2) is 5.14. The van der Waals surface area contributed by atoms with Crippen molar-refractivity contribution in [2.24, 2.45) is 0 Å². The molecule has 1 rings (SSSR count). The van der Waals surface area contributed by atoms with Crippen LogP contribution < -0.4 is 5.11 Å². The van der Waals surface area contributed by atoms with E-state index in [0.717, 1.165) is 0 Å². The zero-order chi connectivity index (χ0) is 15.7. The topological polar surface area (TPSA) is 40.1 Å². The highest BCUT2D eigenvalue weighted by atomic mass is 19.4. The van der Waals surface area contributed by atoms with Gasteiger partial charge in [-0.3, -0.25) is 0 Å². The van der Waals surface area contributed by atoms with Crippen molar-refractivity contribution in [3.8, 4) is 0 Å². The lowest BCUT2D eigenvalue weighted by Crippen LogP contribution is -2.22. The first-order chi connectivity index (χ1) is 8.91. The summed E-state index contributed by atoms with van der Waals surface area (Å²) in [6, 6.07) is 0.226. The number of carboxylic acids is 1. The summed E-state index contributed by atoms with van der Waals surface area (Å²) < 4.78 is 87.2. The van der Waals surface area contributed by atoms with Crippen LogP contribution in [0, 0.1) is 0 Å². The molecule has 1 aromatic carbocycles. The average Bonchev–Trinajstić information content (AvgIpc) is 2.26. The highest BCUT2D eigenvalue weighted by Crippen LogP contribution is 2.36. The number of benzene rings is 1. The molecular weight excluding hydrogens is 297 g/mol. The van der Waals surface area contributed by atoms with Gasteiger partial charge in [0.15, 0.2) is 0 Å². The Morgan fingerprint density at radius 1 is 0.950 bits per heavy atom. The van der Waals surface area contributed by atoms with Gasteiger partial charge in [0.05, 0.1) is 11.1 Å². The SMILES string of the molecule is O=C([O-])C(F)=Cc1cc(C(F)(F)F)cc(C(F)(F)F)c1. The minimum absolute atomic E-state index is 0.0137. The minimum atomic E-state index is -5.10. The molecule has 2 nitrogen and oxygen atoms in total. The van der Waals surface area contributed by atoms with Crippen molar-refractivity contribution in [2.45, 2.75) is 12.4 Å². The van der Waals surface area contributed by atoms with E-state index in [4.69, 9.17) is 0 Å². The fourth-order valence-corrected chi connectivity index (χ4v) is 1.27. The second-order valence-electron chi connectivity index (χ2n) is 3.62. The maximum Gasteiger partial charge on any atom is 0.416 e. The molecule has 0 saturated carbocycles. The lowest BCUT2D eigenvalue weighted by molar-refractivity contribution is -0.301. The first-order valence-electron chi connectivity index (χ1n) is 4.79. The van der Waals surface area contributed by atoms with Gasteiger partial charge in [-0.25, -0.2) is 4.39 Å². The maximum atomic E-state index is 12.7. The predicted octanol–water partition coefficient (Wildman–Crippen LogP) is 2.78. The van der Waals surface area contributed by atoms with Gasteiger partial charge in [0.25, 0.3) is 0 Å². The number of halogens is 7. The summed E-state index contributed by atoms with van der Waals surface area (Å²) in [4.78, 5) is 10.1. The molecule has 0 aliphatic carbocycles. The molecule has 1 aromatic rings. The summed E-state index contributed by atoms with van der Waals surface area (Å²) >= 11 is 0. The minimum Gasteiger partial charge on any atom is -0.542 e. The number of alkyl halides is 6. The molecule has 0 aromatic heterocycles. The van der Waals surface area contributed by atoms with Gasteiger partial charge in [0.1, 0.15) is 11.8 Å². The van der Waals surface area contributed by atoms with Crippen LogP contribution in [0.5, 0.6) is 0 Å². The zero-order valence-electron chi connectivity index (χ0n) is 9.27. The Labute approximate surface area is 107 Å². The molecule has 9 heteroatoms. The molecule has 0 radical (unpaired) electrons. The van der Waals surface area contributed by atoms with Gasteiger partial charge in [-0.15, -0.1) is 0 Å². The zero-order valence-corrected chi connectivity index (χ0v) is 9.27. The van der Waals surface area contributed by atoms with Crippen LogP contribution >= 0.6 is 0 Å². The van der Waals surface area contributed by atoms with E-state index >= 15 is 0 Å². The quantitative estimate of drug-likeness (QED) is 0.622. The monoisotopic (exact) mass is 301 g/mol. The molecular formula is C11H4F7O2-. The first-order valence-corrected chi connectivity index (χ1v) is 4.79. The fourth-order valence-electron chi connectivity index (χ4n) is 1.27. The Balaban J connectivity index is 3.47. The van der Waals surface area contributed by atoms with Crippen molar-refractivity contribution in [3.63, 3.8) is 0 Å². The molecule has 0 atom stereocenters. The van der Waals surface area contributed by atoms with E-state index in [1.165, 1.54) is 0 Å². The van der Waals surface area contributed by atoms with Crippen molar-refractivity contribution in [2.75, 3.05) is 0 Å². The third-order valence-corrected chi connectivity index (χ3v) is 2.10. The average molecular weight is 301 g/mol. The molecule has 0 amide bonds. The largest absolute Gasteiger partial charge is 0.542 e.